The third kappa shape index (κ3) is 6.26. The van der Waals surface area contributed by atoms with Gasteiger partial charge in [0.05, 0.1) is 7.11 Å². The number of alkyl halides is 2. The van der Waals surface area contributed by atoms with Crippen molar-refractivity contribution >= 4 is 17.8 Å². The summed E-state index contributed by atoms with van der Waals surface area (Å²) in [5.41, 5.74) is -0.914. The van der Waals surface area contributed by atoms with Gasteiger partial charge in [0.15, 0.2) is 11.6 Å². The Balaban J connectivity index is 1.96. The van der Waals surface area contributed by atoms with Crippen LogP contribution in [0.2, 0.25) is 0 Å². The van der Waals surface area contributed by atoms with Gasteiger partial charge in [-0.25, -0.2) is 13.8 Å². The molecule has 0 aliphatic heterocycles. The molecule has 13 heteroatoms. The van der Waals surface area contributed by atoms with E-state index < -0.39 is 41.7 Å². The van der Waals surface area contributed by atoms with E-state index in [-0.39, 0.29) is 42.3 Å². The maximum atomic E-state index is 14.7. The third-order valence-electron chi connectivity index (χ3n) is 4.59. The van der Waals surface area contributed by atoms with Gasteiger partial charge < -0.3 is 19.9 Å². The fourth-order valence-corrected chi connectivity index (χ4v) is 2.97. The Morgan fingerprint density at radius 1 is 1.09 bits per heavy atom. The van der Waals surface area contributed by atoms with Crippen molar-refractivity contribution in [2.24, 2.45) is 0 Å². The van der Waals surface area contributed by atoms with Crippen molar-refractivity contribution in [3.05, 3.63) is 65.5 Å². The fraction of sp³-hybridized carbons (Fsp3) is 0.227. The number of halogens is 4. The van der Waals surface area contributed by atoms with Gasteiger partial charge in [-0.15, -0.1) is 0 Å². The van der Waals surface area contributed by atoms with E-state index in [9.17, 15) is 27.2 Å². The molecule has 0 radical (unpaired) electrons. The van der Waals surface area contributed by atoms with E-state index in [1.165, 1.54) is 19.2 Å². The van der Waals surface area contributed by atoms with Crippen LogP contribution in [0.25, 0.3) is 5.69 Å². The number of rotatable bonds is 10. The van der Waals surface area contributed by atoms with Crippen LogP contribution in [0.15, 0.2) is 42.6 Å². The molecule has 3 rings (SSSR count). The Kier molecular flexibility index (Phi) is 8.25. The number of benzene rings is 2. The fourth-order valence-electron chi connectivity index (χ4n) is 2.97. The van der Waals surface area contributed by atoms with Gasteiger partial charge >= 0.3 is 6.61 Å². The molecule has 1 heterocycles. The van der Waals surface area contributed by atoms with E-state index >= 15 is 0 Å². The molecule has 35 heavy (non-hydrogen) atoms. The Morgan fingerprint density at radius 2 is 1.74 bits per heavy atom. The quantitative estimate of drug-likeness (QED) is 0.294. The summed E-state index contributed by atoms with van der Waals surface area (Å²) in [6, 6.07) is 6.47. The van der Waals surface area contributed by atoms with Gasteiger partial charge in [-0.05, 0) is 30.7 Å². The molecule has 0 saturated carbocycles. The lowest BCUT2D eigenvalue weighted by Gasteiger charge is -2.12. The van der Waals surface area contributed by atoms with Gasteiger partial charge in [-0.2, -0.15) is 8.78 Å². The average Bonchev–Trinajstić information content (AvgIpc) is 3.22. The summed E-state index contributed by atoms with van der Waals surface area (Å²) in [7, 11) is 1.23. The molecule has 0 bridgehead atoms. The maximum absolute atomic E-state index is 14.7. The molecule has 0 aliphatic rings. The molecular weight excluding hydrogens is 476 g/mol. The zero-order chi connectivity index (χ0) is 25.5. The van der Waals surface area contributed by atoms with E-state index in [1.807, 2.05) is 0 Å². The maximum Gasteiger partial charge on any atom is 0.387 e. The highest BCUT2D eigenvalue weighted by Gasteiger charge is 2.23. The molecule has 0 saturated heterocycles. The first-order valence-electron chi connectivity index (χ1n) is 10.1. The Labute approximate surface area is 196 Å². The summed E-state index contributed by atoms with van der Waals surface area (Å²) in [6.07, 6.45) is 1.29. The van der Waals surface area contributed by atoms with Crippen molar-refractivity contribution < 1.29 is 41.7 Å². The number of nitrogens with one attached hydrogen (secondary N) is 2. The van der Waals surface area contributed by atoms with Crippen LogP contribution in [0.3, 0.4) is 0 Å². The van der Waals surface area contributed by atoms with Crippen LogP contribution in [-0.4, -0.2) is 53.3 Å². The van der Waals surface area contributed by atoms with Crippen molar-refractivity contribution in [1.82, 2.24) is 14.9 Å². The van der Waals surface area contributed by atoms with Crippen LogP contribution in [0.4, 0.5) is 23.5 Å². The summed E-state index contributed by atoms with van der Waals surface area (Å²) in [5, 5.41) is 13.7. The minimum atomic E-state index is -3.04. The number of nitrogens with zero attached hydrogens (tertiary/aromatic N) is 2. The molecule has 0 atom stereocenters. The summed E-state index contributed by atoms with van der Waals surface area (Å²) in [6.45, 7) is -3.10. The van der Waals surface area contributed by atoms with Crippen molar-refractivity contribution in [2.75, 3.05) is 25.6 Å². The standard InChI is InChI=1S/C22H20F4N4O5/c1-34-14-9-15(23)18(16(24)10-14)30-11-17(20(33)27-7-2-8-31)28-22(30)29-19(32)12-3-5-13(6-4-12)35-21(25)26/h3-6,9-11,21,31H,2,7-8H2,1H3,(H,27,33)(H,28,29,32). The number of aliphatic hydroxyl groups excluding tert-OH is 1. The number of anilines is 1. The Bertz CT molecular complexity index is 1180. The van der Waals surface area contributed by atoms with Crippen LogP contribution < -0.4 is 20.1 Å². The summed E-state index contributed by atoms with van der Waals surface area (Å²) in [4.78, 5) is 29.1. The lowest BCUT2D eigenvalue weighted by Crippen LogP contribution is -2.25. The second kappa shape index (κ2) is 11.3. The molecule has 0 fully saturated rings. The normalized spacial score (nSPS) is 10.8. The minimum absolute atomic E-state index is 0.00853. The number of carbonyl (C=O) groups excluding carboxylic acids is 2. The number of aliphatic hydroxyl groups is 1. The van der Waals surface area contributed by atoms with Crippen molar-refractivity contribution in [3.63, 3.8) is 0 Å². The average molecular weight is 496 g/mol. The van der Waals surface area contributed by atoms with Crippen LogP contribution in [0.1, 0.15) is 27.3 Å². The van der Waals surface area contributed by atoms with Crippen LogP contribution >= 0.6 is 0 Å². The smallest absolute Gasteiger partial charge is 0.387 e. The molecule has 0 unspecified atom stereocenters. The highest BCUT2D eigenvalue weighted by molar-refractivity contribution is 6.04. The number of hydrogen-bond donors (Lipinski definition) is 3. The van der Waals surface area contributed by atoms with E-state index in [0.29, 0.717) is 0 Å². The van der Waals surface area contributed by atoms with Crippen molar-refractivity contribution in [2.45, 2.75) is 13.0 Å². The van der Waals surface area contributed by atoms with Crippen molar-refractivity contribution in [1.29, 1.82) is 0 Å². The minimum Gasteiger partial charge on any atom is -0.497 e. The zero-order valence-electron chi connectivity index (χ0n) is 18.2. The van der Waals surface area contributed by atoms with Crippen LogP contribution in [-0.2, 0) is 0 Å². The van der Waals surface area contributed by atoms with Crippen LogP contribution in [0, 0.1) is 11.6 Å². The van der Waals surface area contributed by atoms with E-state index in [0.717, 1.165) is 35.0 Å². The number of amides is 2. The lowest BCUT2D eigenvalue weighted by atomic mass is 10.2. The topological polar surface area (TPSA) is 115 Å². The number of aromatic nitrogens is 2. The first-order valence-corrected chi connectivity index (χ1v) is 10.1. The van der Waals surface area contributed by atoms with Gasteiger partial charge in [-0.1, -0.05) is 0 Å². The van der Waals surface area contributed by atoms with E-state index in [1.54, 1.807) is 0 Å². The molecule has 1 aromatic heterocycles. The molecule has 9 nitrogen and oxygen atoms in total. The Hall–Kier alpha value is -4.13. The highest BCUT2D eigenvalue weighted by atomic mass is 19.3. The first-order chi connectivity index (χ1) is 16.7. The first kappa shape index (κ1) is 25.5. The largest absolute Gasteiger partial charge is 0.497 e. The van der Waals surface area contributed by atoms with Gasteiger partial charge in [0, 0.05) is 37.0 Å². The summed E-state index contributed by atoms with van der Waals surface area (Å²) < 4.78 is 64.0. The van der Waals surface area contributed by atoms with Gasteiger partial charge in [0.2, 0.25) is 5.95 Å². The predicted octanol–water partition coefficient (Wildman–Crippen LogP) is 3.13. The third-order valence-corrected chi connectivity index (χ3v) is 4.59. The number of methoxy groups -OCH3 is 1. The molecule has 0 spiro atoms. The van der Waals surface area contributed by atoms with E-state index in [4.69, 9.17) is 9.84 Å². The van der Waals surface area contributed by atoms with Crippen LogP contribution in [0.5, 0.6) is 11.5 Å². The number of hydrogen-bond acceptors (Lipinski definition) is 6. The summed E-state index contributed by atoms with van der Waals surface area (Å²) >= 11 is 0. The molecule has 2 aromatic carbocycles. The molecule has 2 amide bonds. The molecular formula is C22H20F4N4O5. The zero-order valence-corrected chi connectivity index (χ0v) is 18.2. The van der Waals surface area contributed by atoms with Gasteiger partial charge in [-0.3, -0.25) is 19.5 Å². The number of imidazole rings is 1. The number of carbonyl (C=O) groups is 2. The van der Waals surface area contributed by atoms with Gasteiger partial charge in [0.25, 0.3) is 11.8 Å². The number of ether oxygens (including phenoxy) is 2. The predicted molar refractivity (Wildman–Crippen MR) is 115 cm³/mol. The molecule has 186 valence electrons. The highest BCUT2D eigenvalue weighted by Crippen LogP contribution is 2.27. The molecule has 3 N–H and O–H groups in total. The SMILES string of the molecule is COc1cc(F)c(-n2cc(C(=O)NCCCO)nc2NC(=O)c2ccc(OC(F)F)cc2)c(F)c1. The van der Waals surface area contributed by atoms with Gasteiger partial charge in [0.1, 0.15) is 22.9 Å². The lowest BCUT2D eigenvalue weighted by molar-refractivity contribution is -0.0498. The van der Waals surface area contributed by atoms with Crippen molar-refractivity contribution in [3.8, 4) is 17.2 Å². The second-order valence-electron chi connectivity index (χ2n) is 6.95. The monoisotopic (exact) mass is 496 g/mol. The Morgan fingerprint density at radius 3 is 2.31 bits per heavy atom. The summed E-state index contributed by atoms with van der Waals surface area (Å²) in [5.74, 6) is -4.30. The molecule has 0 aliphatic carbocycles. The second-order valence-corrected chi connectivity index (χ2v) is 6.95. The molecule has 3 aromatic rings. The van der Waals surface area contributed by atoms with E-state index in [2.05, 4.69) is 20.4 Å².